The summed E-state index contributed by atoms with van der Waals surface area (Å²) in [5.74, 6) is 0. The smallest absolute Gasteiger partial charge is 0.0594 e. The van der Waals surface area contributed by atoms with E-state index in [1.165, 1.54) is 36.3 Å². The van der Waals surface area contributed by atoms with Crippen LogP contribution >= 0.6 is 11.8 Å². The maximum atomic E-state index is 4.36. The molecule has 1 saturated carbocycles. The van der Waals surface area contributed by atoms with Crippen LogP contribution in [0, 0.1) is 0 Å². The first-order valence-electron chi connectivity index (χ1n) is 7.31. The largest absolute Gasteiger partial charge is 0.378 e. The van der Waals surface area contributed by atoms with Crippen LogP contribution in [0.25, 0.3) is 0 Å². The molecule has 1 aliphatic carbocycles. The van der Waals surface area contributed by atoms with Crippen molar-refractivity contribution in [2.24, 2.45) is 0 Å². The second-order valence-electron chi connectivity index (χ2n) is 5.20. The molecular weight excluding hydrogens is 264 g/mol. The molecule has 2 aromatic rings. The molecule has 0 spiro atoms. The molecule has 1 heterocycles. The monoisotopic (exact) mass is 284 g/mol. The summed E-state index contributed by atoms with van der Waals surface area (Å²) < 4.78 is 0. The van der Waals surface area contributed by atoms with Crippen LogP contribution in [0.2, 0.25) is 0 Å². The predicted molar refractivity (Wildman–Crippen MR) is 86.1 cm³/mol. The van der Waals surface area contributed by atoms with Gasteiger partial charge in [-0.3, -0.25) is 4.98 Å². The van der Waals surface area contributed by atoms with Gasteiger partial charge >= 0.3 is 0 Å². The van der Waals surface area contributed by atoms with E-state index in [0.29, 0.717) is 0 Å². The molecule has 3 rings (SSSR count). The molecule has 1 aromatic heterocycles. The lowest BCUT2D eigenvalue weighted by Crippen LogP contribution is -2.03. The number of aromatic nitrogens is 1. The van der Waals surface area contributed by atoms with Gasteiger partial charge in [-0.25, -0.2) is 0 Å². The van der Waals surface area contributed by atoms with Gasteiger partial charge in [0.2, 0.25) is 0 Å². The number of anilines is 1. The lowest BCUT2D eigenvalue weighted by atomic mass is 10.3. The van der Waals surface area contributed by atoms with Gasteiger partial charge in [-0.05, 0) is 37.1 Å². The lowest BCUT2D eigenvalue weighted by Gasteiger charge is -2.14. The van der Waals surface area contributed by atoms with Crippen molar-refractivity contribution < 1.29 is 0 Å². The average Bonchev–Trinajstić information content (AvgIpc) is 3.00. The van der Waals surface area contributed by atoms with Gasteiger partial charge in [0.25, 0.3) is 0 Å². The number of hydrogen-bond acceptors (Lipinski definition) is 3. The number of nitrogens with one attached hydrogen (secondary N) is 1. The first-order chi connectivity index (χ1) is 9.92. The van der Waals surface area contributed by atoms with Gasteiger partial charge in [-0.15, -0.1) is 11.8 Å². The molecule has 0 bridgehead atoms. The number of rotatable bonds is 5. The van der Waals surface area contributed by atoms with Crippen LogP contribution in [-0.2, 0) is 6.54 Å². The molecule has 0 aliphatic heterocycles. The van der Waals surface area contributed by atoms with E-state index >= 15 is 0 Å². The standard InChI is InChI=1S/C17H20N2S/c1-2-9-15(8-1)20-17-11-4-3-10-16(17)19-13-14-7-5-6-12-18-14/h3-7,10-12,15,19H,1-2,8-9,13H2. The Morgan fingerprint density at radius 2 is 1.85 bits per heavy atom. The molecular formula is C17H20N2S. The van der Waals surface area contributed by atoms with Crippen molar-refractivity contribution in [3.8, 4) is 0 Å². The fourth-order valence-electron chi connectivity index (χ4n) is 2.59. The fraction of sp³-hybridized carbons (Fsp3) is 0.353. The molecule has 1 fully saturated rings. The lowest BCUT2D eigenvalue weighted by molar-refractivity contribution is 0.886. The highest BCUT2D eigenvalue weighted by atomic mass is 32.2. The van der Waals surface area contributed by atoms with Crippen LogP contribution in [0.4, 0.5) is 5.69 Å². The van der Waals surface area contributed by atoms with E-state index in [1.54, 1.807) is 0 Å². The van der Waals surface area contributed by atoms with Gasteiger partial charge in [0, 0.05) is 22.0 Å². The second-order valence-corrected chi connectivity index (χ2v) is 6.54. The minimum atomic E-state index is 0.781. The number of nitrogens with zero attached hydrogens (tertiary/aromatic N) is 1. The van der Waals surface area contributed by atoms with Crippen LogP contribution in [0.1, 0.15) is 31.4 Å². The molecule has 1 aliphatic rings. The van der Waals surface area contributed by atoms with Crippen molar-refractivity contribution in [2.45, 2.75) is 42.4 Å². The Morgan fingerprint density at radius 3 is 2.65 bits per heavy atom. The summed E-state index contributed by atoms with van der Waals surface area (Å²) in [5.41, 5.74) is 2.31. The van der Waals surface area contributed by atoms with Gasteiger partial charge < -0.3 is 5.32 Å². The third-order valence-electron chi connectivity index (χ3n) is 3.67. The van der Waals surface area contributed by atoms with Gasteiger partial charge in [-0.2, -0.15) is 0 Å². The van der Waals surface area contributed by atoms with E-state index in [1.807, 2.05) is 30.1 Å². The Kier molecular flexibility index (Phi) is 4.59. The number of benzene rings is 1. The Labute approximate surface area is 125 Å². The van der Waals surface area contributed by atoms with Crippen molar-refractivity contribution in [1.29, 1.82) is 0 Å². The average molecular weight is 284 g/mol. The summed E-state index contributed by atoms with van der Waals surface area (Å²) >= 11 is 2.03. The normalized spacial score (nSPS) is 15.4. The Bertz CT molecular complexity index is 536. The van der Waals surface area contributed by atoms with E-state index in [-0.39, 0.29) is 0 Å². The Balaban J connectivity index is 1.66. The highest BCUT2D eigenvalue weighted by Gasteiger charge is 2.17. The van der Waals surface area contributed by atoms with E-state index in [0.717, 1.165) is 17.5 Å². The summed E-state index contributed by atoms with van der Waals surface area (Å²) in [6.45, 7) is 0.781. The van der Waals surface area contributed by atoms with Crippen molar-refractivity contribution >= 4 is 17.4 Å². The predicted octanol–water partition coefficient (Wildman–Crippen LogP) is 4.73. The zero-order valence-corrected chi connectivity index (χ0v) is 12.4. The highest BCUT2D eigenvalue weighted by Crippen LogP contribution is 2.38. The molecule has 0 saturated heterocycles. The SMILES string of the molecule is c1ccc(CNc2ccccc2SC2CCCC2)nc1. The molecule has 0 atom stereocenters. The second kappa shape index (κ2) is 6.80. The van der Waals surface area contributed by atoms with Crippen LogP contribution in [0.15, 0.2) is 53.6 Å². The van der Waals surface area contributed by atoms with Crippen molar-refractivity contribution in [2.75, 3.05) is 5.32 Å². The molecule has 104 valence electrons. The van der Waals surface area contributed by atoms with E-state index in [9.17, 15) is 0 Å². The highest BCUT2D eigenvalue weighted by molar-refractivity contribution is 8.00. The molecule has 3 heteroatoms. The van der Waals surface area contributed by atoms with Gasteiger partial charge in [0.15, 0.2) is 0 Å². The third-order valence-corrected chi connectivity index (χ3v) is 5.08. The zero-order valence-electron chi connectivity index (χ0n) is 11.6. The van der Waals surface area contributed by atoms with Crippen LogP contribution < -0.4 is 5.32 Å². The first-order valence-corrected chi connectivity index (χ1v) is 8.19. The fourth-order valence-corrected chi connectivity index (χ4v) is 3.94. The van der Waals surface area contributed by atoms with Crippen LogP contribution in [-0.4, -0.2) is 10.2 Å². The summed E-state index contributed by atoms with van der Waals surface area (Å²) in [4.78, 5) is 5.73. The number of hydrogen-bond donors (Lipinski definition) is 1. The third kappa shape index (κ3) is 3.54. The van der Waals surface area contributed by atoms with Gasteiger partial charge in [0.1, 0.15) is 0 Å². The Hall–Kier alpha value is -1.48. The summed E-state index contributed by atoms with van der Waals surface area (Å²) in [6.07, 6.45) is 7.34. The van der Waals surface area contributed by atoms with E-state index in [2.05, 4.69) is 40.6 Å². The topological polar surface area (TPSA) is 24.9 Å². The number of pyridine rings is 1. The maximum Gasteiger partial charge on any atom is 0.0594 e. The first kappa shape index (κ1) is 13.5. The quantitative estimate of drug-likeness (QED) is 0.859. The van der Waals surface area contributed by atoms with Crippen LogP contribution in [0.5, 0.6) is 0 Å². The minimum absolute atomic E-state index is 0.781. The number of para-hydroxylation sites is 1. The molecule has 0 amide bonds. The number of thioether (sulfide) groups is 1. The van der Waals surface area contributed by atoms with E-state index < -0.39 is 0 Å². The zero-order chi connectivity index (χ0) is 13.6. The van der Waals surface area contributed by atoms with Crippen molar-refractivity contribution in [1.82, 2.24) is 4.98 Å². The molecule has 0 radical (unpaired) electrons. The minimum Gasteiger partial charge on any atom is -0.378 e. The summed E-state index contributed by atoms with van der Waals surface area (Å²) in [5, 5.41) is 4.32. The molecule has 1 N–H and O–H groups in total. The molecule has 2 nitrogen and oxygen atoms in total. The molecule has 20 heavy (non-hydrogen) atoms. The van der Waals surface area contributed by atoms with Gasteiger partial charge in [-0.1, -0.05) is 31.0 Å². The molecule has 1 aromatic carbocycles. The van der Waals surface area contributed by atoms with Crippen molar-refractivity contribution in [3.05, 3.63) is 54.4 Å². The summed E-state index contributed by atoms with van der Waals surface area (Å²) in [7, 11) is 0. The van der Waals surface area contributed by atoms with Gasteiger partial charge in [0.05, 0.1) is 12.2 Å². The summed E-state index contributed by atoms with van der Waals surface area (Å²) in [6, 6.07) is 14.7. The maximum absolute atomic E-state index is 4.36. The molecule has 0 unspecified atom stereocenters. The van der Waals surface area contributed by atoms with Crippen LogP contribution in [0.3, 0.4) is 0 Å². The van der Waals surface area contributed by atoms with Crippen molar-refractivity contribution in [3.63, 3.8) is 0 Å². The van der Waals surface area contributed by atoms with E-state index in [4.69, 9.17) is 0 Å². The Morgan fingerprint density at radius 1 is 1.05 bits per heavy atom.